The van der Waals surface area contributed by atoms with Crippen molar-refractivity contribution in [2.24, 2.45) is 0 Å². The minimum atomic E-state index is -0.118. The van der Waals surface area contributed by atoms with Gasteiger partial charge in [-0.05, 0) is 74.4 Å². The zero-order valence-electron chi connectivity index (χ0n) is 17.4. The molecule has 0 heterocycles. The molecular formula is C30H20O2. The van der Waals surface area contributed by atoms with E-state index in [0.29, 0.717) is 5.57 Å². The Morgan fingerprint density at radius 1 is 0.656 bits per heavy atom. The van der Waals surface area contributed by atoms with E-state index in [2.05, 4.69) is 72.8 Å². The Bertz CT molecular complexity index is 1540. The van der Waals surface area contributed by atoms with E-state index < -0.39 is 0 Å². The number of rotatable bonds is 2. The first kappa shape index (κ1) is 17.9. The summed E-state index contributed by atoms with van der Waals surface area (Å²) in [6.45, 7) is 0. The summed E-state index contributed by atoms with van der Waals surface area (Å²) < 4.78 is 0. The molecule has 0 amide bonds. The Kier molecular flexibility index (Phi) is 3.55. The summed E-state index contributed by atoms with van der Waals surface area (Å²) in [7, 11) is 0. The highest BCUT2D eigenvalue weighted by Crippen LogP contribution is 2.59. The zero-order valence-corrected chi connectivity index (χ0v) is 17.4. The van der Waals surface area contributed by atoms with E-state index in [4.69, 9.17) is 0 Å². The van der Waals surface area contributed by atoms with E-state index >= 15 is 0 Å². The summed E-state index contributed by atoms with van der Waals surface area (Å²) in [6, 6.07) is 26.0. The van der Waals surface area contributed by atoms with Gasteiger partial charge in [-0.1, -0.05) is 72.8 Å². The number of allylic oxidation sites excluding steroid dienone is 4. The average molecular weight is 412 g/mol. The van der Waals surface area contributed by atoms with Gasteiger partial charge in [0.2, 0.25) is 0 Å². The SMILES string of the molecule is O=C1C=CC(=O)C(C2c3cccc4cccc(c34)C2C2Cc3cccc4cccc2c34)=C1. The van der Waals surface area contributed by atoms with Gasteiger partial charge >= 0.3 is 0 Å². The molecule has 0 bridgehead atoms. The predicted octanol–water partition coefficient (Wildman–Crippen LogP) is 6.15. The van der Waals surface area contributed by atoms with Crippen LogP contribution in [0.25, 0.3) is 21.5 Å². The normalized spacial score (nSPS) is 23.4. The summed E-state index contributed by atoms with van der Waals surface area (Å²) >= 11 is 0. The Balaban J connectivity index is 1.50. The minimum absolute atomic E-state index is 0.0434. The van der Waals surface area contributed by atoms with Gasteiger partial charge in [0.15, 0.2) is 11.6 Å². The van der Waals surface area contributed by atoms with Gasteiger partial charge in [-0.3, -0.25) is 9.59 Å². The van der Waals surface area contributed by atoms with Crippen molar-refractivity contribution < 1.29 is 9.59 Å². The van der Waals surface area contributed by atoms with Crippen LogP contribution < -0.4 is 0 Å². The molecule has 152 valence electrons. The van der Waals surface area contributed by atoms with Gasteiger partial charge in [0.1, 0.15) is 0 Å². The van der Waals surface area contributed by atoms with Gasteiger partial charge < -0.3 is 0 Å². The number of hydrogen-bond donors (Lipinski definition) is 0. The molecule has 32 heavy (non-hydrogen) atoms. The number of hydrogen-bond acceptors (Lipinski definition) is 2. The maximum absolute atomic E-state index is 13.1. The molecule has 2 heteroatoms. The fourth-order valence-electron chi connectivity index (χ4n) is 6.49. The lowest BCUT2D eigenvalue weighted by molar-refractivity contribution is -0.114. The second-order valence-electron chi connectivity index (χ2n) is 9.17. The lowest BCUT2D eigenvalue weighted by Gasteiger charge is -2.30. The van der Waals surface area contributed by atoms with Gasteiger partial charge in [0.25, 0.3) is 0 Å². The van der Waals surface area contributed by atoms with Crippen LogP contribution in [0, 0.1) is 0 Å². The van der Waals surface area contributed by atoms with Gasteiger partial charge in [-0.25, -0.2) is 0 Å². The van der Waals surface area contributed by atoms with Crippen molar-refractivity contribution in [3.63, 3.8) is 0 Å². The van der Waals surface area contributed by atoms with Crippen molar-refractivity contribution in [3.8, 4) is 0 Å². The maximum atomic E-state index is 13.1. The highest BCUT2D eigenvalue weighted by molar-refractivity contribution is 6.18. The van der Waals surface area contributed by atoms with E-state index in [1.165, 1.54) is 56.0 Å². The van der Waals surface area contributed by atoms with Crippen LogP contribution in [0.2, 0.25) is 0 Å². The van der Waals surface area contributed by atoms with Crippen molar-refractivity contribution in [1.29, 1.82) is 0 Å². The van der Waals surface area contributed by atoms with Gasteiger partial charge in [0, 0.05) is 17.4 Å². The van der Waals surface area contributed by atoms with Crippen LogP contribution in [-0.4, -0.2) is 11.6 Å². The maximum Gasteiger partial charge on any atom is 0.182 e. The molecule has 4 aromatic carbocycles. The smallest absolute Gasteiger partial charge is 0.182 e. The Labute approximate surface area is 185 Å². The van der Waals surface area contributed by atoms with E-state index in [0.717, 1.165) is 6.42 Å². The van der Waals surface area contributed by atoms with E-state index in [-0.39, 0.29) is 29.3 Å². The number of carbonyl (C=O) groups is 2. The Hall–Kier alpha value is -3.78. The molecule has 3 atom stereocenters. The van der Waals surface area contributed by atoms with Crippen LogP contribution in [0.5, 0.6) is 0 Å². The molecule has 0 saturated carbocycles. The van der Waals surface area contributed by atoms with Crippen LogP contribution in [-0.2, 0) is 16.0 Å². The standard InChI is InChI=1S/C30H20O2/c31-20-13-14-26(32)25(16-20)30-23-12-4-8-18-7-3-11-22(28(18)23)29(30)24-15-19-9-1-5-17-6-2-10-21(24)27(17)19/h1-14,16,24,29-30H,15H2. The van der Waals surface area contributed by atoms with E-state index in [9.17, 15) is 9.59 Å². The zero-order chi connectivity index (χ0) is 21.4. The first-order valence-corrected chi connectivity index (χ1v) is 11.2. The predicted molar refractivity (Wildman–Crippen MR) is 127 cm³/mol. The van der Waals surface area contributed by atoms with Crippen molar-refractivity contribution in [1.82, 2.24) is 0 Å². The third-order valence-corrected chi connectivity index (χ3v) is 7.63. The second kappa shape index (κ2) is 6.37. The van der Waals surface area contributed by atoms with Crippen LogP contribution >= 0.6 is 0 Å². The molecule has 0 aromatic heterocycles. The molecule has 2 nitrogen and oxygen atoms in total. The summed E-state index contributed by atoms with van der Waals surface area (Å²) in [5, 5.41) is 5.09. The van der Waals surface area contributed by atoms with Crippen molar-refractivity contribution in [2.75, 3.05) is 0 Å². The summed E-state index contributed by atoms with van der Waals surface area (Å²) in [4.78, 5) is 25.4. The third kappa shape index (κ3) is 2.30. The largest absolute Gasteiger partial charge is 0.290 e. The summed E-state index contributed by atoms with van der Waals surface area (Å²) in [6.07, 6.45) is 5.36. The molecule has 4 aromatic rings. The molecule has 0 saturated heterocycles. The molecule has 3 aliphatic rings. The van der Waals surface area contributed by atoms with Gasteiger partial charge in [-0.15, -0.1) is 0 Å². The molecule has 3 aliphatic carbocycles. The molecular weight excluding hydrogens is 392 g/mol. The van der Waals surface area contributed by atoms with Crippen LogP contribution in [0.3, 0.4) is 0 Å². The molecule has 3 unspecified atom stereocenters. The Morgan fingerprint density at radius 3 is 2.09 bits per heavy atom. The van der Waals surface area contributed by atoms with Crippen molar-refractivity contribution in [2.45, 2.75) is 24.2 Å². The summed E-state index contributed by atoms with van der Waals surface area (Å²) in [5.74, 6) is 0.112. The van der Waals surface area contributed by atoms with Crippen molar-refractivity contribution >= 4 is 33.1 Å². The Morgan fingerprint density at radius 2 is 1.31 bits per heavy atom. The summed E-state index contributed by atoms with van der Waals surface area (Å²) in [5.41, 5.74) is 5.85. The van der Waals surface area contributed by atoms with Gasteiger partial charge in [-0.2, -0.15) is 0 Å². The number of benzene rings is 4. The number of ketones is 2. The molecule has 7 rings (SSSR count). The highest BCUT2D eigenvalue weighted by atomic mass is 16.1. The van der Waals surface area contributed by atoms with Crippen molar-refractivity contribution in [3.05, 3.63) is 119 Å². The topological polar surface area (TPSA) is 34.1 Å². The molecule has 0 radical (unpaired) electrons. The van der Waals surface area contributed by atoms with E-state index in [1.54, 1.807) is 6.08 Å². The fourth-order valence-corrected chi connectivity index (χ4v) is 6.49. The molecule has 0 spiro atoms. The fraction of sp³-hybridized carbons (Fsp3) is 0.133. The minimum Gasteiger partial charge on any atom is -0.290 e. The lowest BCUT2D eigenvalue weighted by atomic mass is 9.72. The van der Waals surface area contributed by atoms with Gasteiger partial charge in [0.05, 0.1) is 0 Å². The third-order valence-electron chi connectivity index (χ3n) is 7.63. The average Bonchev–Trinajstić information content (AvgIpc) is 3.34. The number of carbonyl (C=O) groups excluding carboxylic acids is 2. The molecule has 0 N–H and O–H groups in total. The van der Waals surface area contributed by atoms with Crippen LogP contribution in [0.1, 0.15) is 40.0 Å². The van der Waals surface area contributed by atoms with Crippen LogP contribution in [0.15, 0.2) is 96.6 Å². The molecule has 0 aliphatic heterocycles. The quantitative estimate of drug-likeness (QED) is 0.370. The van der Waals surface area contributed by atoms with E-state index in [1.807, 2.05) is 0 Å². The highest BCUT2D eigenvalue weighted by Gasteiger charge is 2.45. The monoisotopic (exact) mass is 412 g/mol. The van der Waals surface area contributed by atoms with Crippen LogP contribution in [0.4, 0.5) is 0 Å². The molecule has 0 fully saturated rings. The lowest BCUT2D eigenvalue weighted by Crippen LogP contribution is -2.22. The second-order valence-corrected chi connectivity index (χ2v) is 9.17. The first-order chi connectivity index (χ1) is 15.7. The first-order valence-electron chi connectivity index (χ1n) is 11.2.